The predicted molar refractivity (Wildman–Crippen MR) is 146 cm³/mol. The molecule has 198 valence electrons. The summed E-state index contributed by atoms with van der Waals surface area (Å²) in [7, 11) is -2.14. The summed E-state index contributed by atoms with van der Waals surface area (Å²) in [6.07, 6.45) is 11.8. The Hall–Kier alpha value is -1.34. The van der Waals surface area contributed by atoms with E-state index in [0.29, 0.717) is 18.0 Å². The van der Waals surface area contributed by atoms with Gasteiger partial charge in [0.05, 0.1) is 12.3 Å². The fraction of sp³-hybridized carbons (Fsp3) is 0.690. The maximum atomic E-state index is 15.4. The van der Waals surface area contributed by atoms with Gasteiger partial charge in [-0.05, 0) is 94.1 Å². The van der Waals surface area contributed by atoms with Crippen LogP contribution in [0.15, 0.2) is 41.9 Å². The van der Waals surface area contributed by atoms with Gasteiger partial charge < -0.3 is 13.9 Å². The molecule has 2 heterocycles. The zero-order valence-electron chi connectivity index (χ0n) is 23.1. The molecule has 0 N–H and O–H groups in total. The Bertz CT molecular complexity index is 798. The summed E-state index contributed by atoms with van der Waals surface area (Å²) in [6.45, 7) is 16.8. The van der Waals surface area contributed by atoms with Crippen molar-refractivity contribution in [1.29, 1.82) is 0 Å². The summed E-state index contributed by atoms with van der Waals surface area (Å²) in [6, 6.07) is 5.52. The first kappa shape index (κ1) is 29.9. The standard InChI is InChI=1S/C29H48FNO3Si/c1-23(13-12-14-24(2)22-33-28-16-9-11-20-32-28)17-18-27(34-35(6,7)29(3,4)5)26(30)21-25-15-8-10-19-31-25/h8,10,15,17,19,21,24,27-28H,9,11-14,16,18,20,22H2,1-7H3/b23-17?,26-21-/t24-,27?,28?/m0/s1. The van der Waals surface area contributed by atoms with Crippen LogP contribution in [-0.2, 0) is 13.9 Å². The van der Waals surface area contributed by atoms with Crippen LogP contribution in [0.25, 0.3) is 6.08 Å². The van der Waals surface area contributed by atoms with E-state index >= 15 is 4.39 Å². The van der Waals surface area contributed by atoms with Crippen molar-refractivity contribution in [3.05, 3.63) is 47.6 Å². The third-order valence-electron chi connectivity index (χ3n) is 7.18. The Morgan fingerprint density at radius 2 is 2.06 bits per heavy atom. The zero-order chi connectivity index (χ0) is 25.9. The lowest BCUT2D eigenvalue weighted by atomic mass is 10.0. The summed E-state index contributed by atoms with van der Waals surface area (Å²) in [5.41, 5.74) is 1.90. The number of hydrogen-bond acceptors (Lipinski definition) is 4. The fourth-order valence-electron chi connectivity index (χ4n) is 3.78. The van der Waals surface area contributed by atoms with Gasteiger partial charge in [0.1, 0.15) is 11.9 Å². The van der Waals surface area contributed by atoms with Crippen molar-refractivity contribution >= 4 is 14.4 Å². The summed E-state index contributed by atoms with van der Waals surface area (Å²) in [5, 5.41) is 0.0101. The van der Waals surface area contributed by atoms with Gasteiger partial charge in [0.2, 0.25) is 0 Å². The molecule has 0 saturated carbocycles. The second kappa shape index (κ2) is 14.4. The number of pyridine rings is 1. The quantitative estimate of drug-likeness (QED) is 0.199. The average Bonchev–Trinajstić information content (AvgIpc) is 2.81. The van der Waals surface area contributed by atoms with Gasteiger partial charge in [-0.1, -0.05) is 45.4 Å². The van der Waals surface area contributed by atoms with Gasteiger partial charge in [-0.15, -0.1) is 0 Å². The predicted octanol–water partition coefficient (Wildman–Crippen LogP) is 8.47. The zero-order valence-corrected chi connectivity index (χ0v) is 24.1. The van der Waals surface area contributed by atoms with Crippen LogP contribution in [0.2, 0.25) is 18.1 Å². The molecule has 0 aromatic carbocycles. The minimum Gasteiger partial charge on any atom is -0.407 e. The van der Waals surface area contributed by atoms with E-state index in [1.807, 2.05) is 18.2 Å². The van der Waals surface area contributed by atoms with Crippen molar-refractivity contribution in [3.8, 4) is 0 Å². The monoisotopic (exact) mass is 505 g/mol. The summed E-state index contributed by atoms with van der Waals surface area (Å²) < 4.78 is 33.5. The van der Waals surface area contributed by atoms with Crippen molar-refractivity contribution in [2.75, 3.05) is 13.2 Å². The van der Waals surface area contributed by atoms with E-state index in [-0.39, 0.29) is 17.2 Å². The van der Waals surface area contributed by atoms with Crippen LogP contribution in [0.1, 0.15) is 85.3 Å². The van der Waals surface area contributed by atoms with Crippen molar-refractivity contribution in [2.45, 2.75) is 110 Å². The average molecular weight is 506 g/mol. The highest BCUT2D eigenvalue weighted by Gasteiger charge is 2.39. The minimum atomic E-state index is -2.14. The first-order valence-electron chi connectivity index (χ1n) is 13.3. The van der Waals surface area contributed by atoms with Gasteiger partial charge in [0, 0.05) is 12.8 Å². The molecule has 2 unspecified atom stereocenters. The summed E-state index contributed by atoms with van der Waals surface area (Å²) in [4.78, 5) is 4.25. The van der Waals surface area contributed by atoms with Gasteiger partial charge in [-0.3, -0.25) is 4.98 Å². The molecule has 0 amide bonds. The maximum Gasteiger partial charge on any atom is 0.193 e. The molecular weight excluding hydrogens is 457 g/mol. The molecule has 1 fully saturated rings. The molecule has 3 atom stereocenters. The van der Waals surface area contributed by atoms with Crippen LogP contribution in [0.5, 0.6) is 0 Å². The highest BCUT2D eigenvalue weighted by Crippen LogP contribution is 2.39. The van der Waals surface area contributed by atoms with Crippen molar-refractivity contribution in [1.82, 2.24) is 4.98 Å². The van der Waals surface area contributed by atoms with E-state index in [4.69, 9.17) is 13.9 Å². The Balaban J connectivity index is 1.91. The van der Waals surface area contributed by atoms with Gasteiger partial charge in [-0.25, -0.2) is 4.39 Å². The fourth-order valence-corrected chi connectivity index (χ4v) is 5.06. The molecule has 1 aliphatic rings. The lowest BCUT2D eigenvalue weighted by Crippen LogP contribution is -2.44. The Morgan fingerprint density at radius 3 is 2.69 bits per heavy atom. The highest BCUT2D eigenvalue weighted by atomic mass is 28.4. The molecule has 1 saturated heterocycles. The van der Waals surface area contributed by atoms with Crippen molar-refractivity contribution < 1.29 is 18.3 Å². The molecule has 4 nitrogen and oxygen atoms in total. The van der Waals surface area contributed by atoms with E-state index < -0.39 is 14.4 Å². The molecule has 6 heteroatoms. The number of nitrogens with zero attached hydrogens (tertiary/aromatic N) is 1. The molecule has 1 aliphatic heterocycles. The van der Waals surface area contributed by atoms with E-state index in [2.05, 4.69) is 58.8 Å². The number of rotatable bonds is 13. The summed E-state index contributed by atoms with van der Waals surface area (Å²) >= 11 is 0. The van der Waals surface area contributed by atoms with Crippen molar-refractivity contribution in [2.24, 2.45) is 5.92 Å². The van der Waals surface area contributed by atoms with Gasteiger partial charge >= 0.3 is 0 Å². The number of aromatic nitrogens is 1. The Morgan fingerprint density at radius 1 is 1.29 bits per heavy atom. The summed E-state index contributed by atoms with van der Waals surface area (Å²) in [5.74, 6) is 0.245. The number of ether oxygens (including phenoxy) is 2. The second-order valence-electron chi connectivity index (χ2n) is 11.6. The lowest BCUT2D eigenvalue weighted by Gasteiger charge is -2.38. The first-order chi connectivity index (χ1) is 16.5. The highest BCUT2D eigenvalue weighted by molar-refractivity contribution is 6.74. The second-order valence-corrected chi connectivity index (χ2v) is 16.3. The third kappa shape index (κ3) is 11.1. The SMILES string of the molecule is CC(=CCC(O[Si](C)(C)C(C)(C)C)/C(F)=C/c1ccccn1)CCC[C@H](C)COC1CCCCO1. The smallest absolute Gasteiger partial charge is 0.193 e. The molecule has 2 rings (SSSR count). The maximum absolute atomic E-state index is 15.4. The van der Waals surface area contributed by atoms with E-state index in [1.54, 1.807) is 6.20 Å². The lowest BCUT2D eigenvalue weighted by molar-refractivity contribution is -0.168. The topological polar surface area (TPSA) is 40.6 Å². The molecule has 0 radical (unpaired) electrons. The minimum absolute atomic E-state index is 0.0101. The van der Waals surface area contributed by atoms with Crippen LogP contribution in [0, 0.1) is 5.92 Å². The third-order valence-corrected chi connectivity index (χ3v) is 11.7. The van der Waals surface area contributed by atoms with Gasteiger partial charge in [0.25, 0.3) is 0 Å². The molecule has 0 aliphatic carbocycles. The molecule has 35 heavy (non-hydrogen) atoms. The van der Waals surface area contributed by atoms with Crippen LogP contribution in [0.4, 0.5) is 4.39 Å². The molecule has 0 bridgehead atoms. The largest absolute Gasteiger partial charge is 0.407 e. The molecular formula is C29H48FNO3Si. The number of allylic oxidation sites excluding steroid dienone is 1. The van der Waals surface area contributed by atoms with Crippen LogP contribution >= 0.6 is 0 Å². The number of halogens is 1. The molecule has 1 aromatic heterocycles. The van der Waals surface area contributed by atoms with Gasteiger partial charge in [0.15, 0.2) is 14.6 Å². The van der Waals surface area contributed by atoms with E-state index in [9.17, 15) is 0 Å². The first-order valence-corrected chi connectivity index (χ1v) is 16.2. The van der Waals surface area contributed by atoms with E-state index in [1.165, 1.54) is 18.1 Å². The Kier molecular flexibility index (Phi) is 12.3. The normalized spacial score (nSPS) is 20.1. The number of hydrogen-bond donors (Lipinski definition) is 0. The Labute approximate surface area is 214 Å². The van der Waals surface area contributed by atoms with Crippen molar-refractivity contribution in [3.63, 3.8) is 0 Å². The van der Waals surface area contributed by atoms with Crippen LogP contribution < -0.4 is 0 Å². The van der Waals surface area contributed by atoms with Crippen LogP contribution in [-0.4, -0.2) is 38.9 Å². The van der Waals surface area contributed by atoms with E-state index in [0.717, 1.165) is 45.3 Å². The molecule has 0 spiro atoms. The molecule has 1 aromatic rings. The van der Waals surface area contributed by atoms with Crippen LogP contribution in [0.3, 0.4) is 0 Å². The van der Waals surface area contributed by atoms with Gasteiger partial charge in [-0.2, -0.15) is 0 Å².